The zero-order valence-electron chi connectivity index (χ0n) is 11.5. The number of nitrogens with zero attached hydrogens (tertiary/aromatic N) is 1. The summed E-state index contributed by atoms with van der Waals surface area (Å²) in [6, 6.07) is 7.93. The third kappa shape index (κ3) is 2.88. The summed E-state index contributed by atoms with van der Waals surface area (Å²) in [7, 11) is 3.59. The molecule has 0 aliphatic carbocycles. The fourth-order valence-electron chi connectivity index (χ4n) is 2.07. The largest absolute Gasteiger partial charge is 0.480 e. The minimum absolute atomic E-state index is 0. The van der Waals surface area contributed by atoms with E-state index < -0.39 is 11.5 Å². The zero-order chi connectivity index (χ0) is 13.3. The van der Waals surface area contributed by atoms with Crippen LogP contribution in [0.4, 0.5) is 0 Å². The number of likely N-dealkylation sites (N-methyl/N-ethyl adjacent to an activating group) is 1. The van der Waals surface area contributed by atoms with Crippen LogP contribution >= 0.6 is 0 Å². The Morgan fingerprint density at radius 1 is 1.37 bits per heavy atom. The summed E-state index contributed by atoms with van der Waals surface area (Å²) in [5.74, 6) is -0.808. The summed E-state index contributed by atoms with van der Waals surface area (Å²) in [6.07, 6.45) is 2.37. The van der Waals surface area contributed by atoms with Crippen LogP contribution in [0.5, 0.6) is 0 Å². The minimum Gasteiger partial charge on any atom is -0.480 e. The van der Waals surface area contributed by atoms with Crippen LogP contribution in [0.3, 0.4) is 0 Å². The molecule has 19 heavy (non-hydrogen) atoms. The van der Waals surface area contributed by atoms with E-state index in [2.05, 4.69) is 4.98 Å². The van der Waals surface area contributed by atoms with E-state index in [-0.39, 0.29) is 19.8 Å². The maximum absolute atomic E-state index is 11.5. The molecular weight excluding hydrogens is 298 g/mol. The van der Waals surface area contributed by atoms with Crippen molar-refractivity contribution >= 4 is 36.7 Å². The van der Waals surface area contributed by atoms with Gasteiger partial charge in [0.15, 0.2) is 0 Å². The van der Waals surface area contributed by atoms with E-state index in [0.717, 1.165) is 16.5 Å². The number of aromatic nitrogens is 1. The van der Waals surface area contributed by atoms with Crippen LogP contribution < -0.4 is 0 Å². The molecule has 2 N–H and O–H groups in total. The van der Waals surface area contributed by atoms with Gasteiger partial charge in [-0.15, -0.1) is 0 Å². The fourth-order valence-corrected chi connectivity index (χ4v) is 2.07. The average molecular weight is 316 g/mol. The molecule has 5 heteroatoms. The minimum atomic E-state index is -0.898. The van der Waals surface area contributed by atoms with Crippen LogP contribution in [0.25, 0.3) is 10.9 Å². The van der Waals surface area contributed by atoms with Gasteiger partial charge < -0.3 is 10.1 Å². The van der Waals surface area contributed by atoms with Crippen LogP contribution in [0, 0.1) is 0 Å². The molecule has 0 saturated heterocycles. The van der Waals surface area contributed by atoms with Crippen molar-refractivity contribution in [2.75, 3.05) is 14.1 Å². The molecule has 0 aliphatic rings. The summed E-state index contributed by atoms with van der Waals surface area (Å²) < 4.78 is 0. The summed E-state index contributed by atoms with van der Waals surface area (Å²) in [4.78, 5) is 16.4. The molecule has 3 radical (unpaired) electrons. The Morgan fingerprint density at radius 3 is 2.58 bits per heavy atom. The van der Waals surface area contributed by atoms with Crippen molar-refractivity contribution in [2.24, 2.45) is 0 Å². The monoisotopic (exact) mass is 315 g/mol. The number of carbonyl (C=O) groups is 1. The van der Waals surface area contributed by atoms with Gasteiger partial charge in [0.05, 0.1) is 0 Å². The Morgan fingerprint density at radius 2 is 2.00 bits per heavy atom. The molecular formula is C14H18GaN2O2. The number of benzene rings is 1. The maximum Gasteiger partial charge on any atom is 0.324 e. The number of aliphatic carboxylic acids is 1. The quantitative estimate of drug-likeness (QED) is 0.845. The zero-order valence-corrected chi connectivity index (χ0v) is 13.9. The first-order chi connectivity index (χ1) is 8.45. The van der Waals surface area contributed by atoms with Crippen molar-refractivity contribution in [3.8, 4) is 0 Å². The van der Waals surface area contributed by atoms with Gasteiger partial charge in [0.2, 0.25) is 0 Å². The fraction of sp³-hybridized carbons (Fsp3) is 0.357. The van der Waals surface area contributed by atoms with Crippen molar-refractivity contribution in [1.82, 2.24) is 9.88 Å². The van der Waals surface area contributed by atoms with Gasteiger partial charge in [0.1, 0.15) is 5.54 Å². The standard InChI is InChI=1S/C14H18N2O2.Ga/c1-14(13(17)18,16(2)3)8-10-9-15-12-7-5-4-6-11(10)12;/h4-7,9,15H,8H2,1-3H3,(H,17,18);. The van der Waals surface area contributed by atoms with Gasteiger partial charge in [-0.25, -0.2) is 0 Å². The van der Waals surface area contributed by atoms with Crippen molar-refractivity contribution in [2.45, 2.75) is 18.9 Å². The molecule has 99 valence electrons. The first-order valence-corrected chi connectivity index (χ1v) is 5.91. The number of para-hydroxylation sites is 1. The van der Waals surface area contributed by atoms with Crippen molar-refractivity contribution in [3.05, 3.63) is 36.0 Å². The topological polar surface area (TPSA) is 56.3 Å². The Bertz CT molecular complexity index is 580. The number of nitrogens with one attached hydrogen (secondary N) is 1. The third-order valence-electron chi connectivity index (χ3n) is 3.66. The van der Waals surface area contributed by atoms with Crippen LogP contribution in [-0.2, 0) is 11.2 Å². The van der Waals surface area contributed by atoms with Crippen molar-refractivity contribution < 1.29 is 9.90 Å². The average Bonchev–Trinajstić information content (AvgIpc) is 2.72. The Balaban J connectivity index is 0.00000180. The van der Waals surface area contributed by atoms with E-state index in [0.29, 0.717) is 6.42 Å². The summed E-state index contributed by atoms with van der Waals surface area (Å²) in [6.45, 7) is 1.75. The van der Waals surface area contributed by atoms with Crippen molar-refractivity contribution in [3.63, 3.8) is 0 Å². The van der Waals surface area contributed by atoms with E-state index in [1.807, 2.05) is 30.5 Å². The number of H-pyrrole nitrogens is 1. The molecule has 0 spiro atoms. The Hall–Kier alpha value is -1.17. The van der Waals surface area contributed by atoms with Crippen LogP contribution in [-0.4, -0.2) is 60.4 Å². The predicted octanol–water partition coefficient (Wildman–Crippen LogP) is 1.73. The Labute approximate surface area is 125 Å². The van der Waals surface area contributed by atoms with E-state index in [1.54, 1.807) is 25.9 Å². The van der Waals surface area contributed by atoms with Gasteiger partial charge in [-0.1, -0.05) is 18.2 Å². The van der Waals surface area contributed by atoms with Gasteiger partial charge in [0, 0.05) is 43.3 Å². The molecule has 2 rings (SSSR count). The maximum atomic E-state index is 11.5. The molecule has 0 saturated carbocycles. The van der Waals surface area contributed by atoms with Gasteiger partial charge in [-0.05, 0) is 32.6 Å². The molecule has 0 aliphatic heterocycles. The molecule has 1 aromatic carbocycles. The van der Waals surface area contributed by atoms with E-state index in [1.165, 1.54) is 0 Å². The second-order valence-corrected chi connectivity index (χ2v) is 5.01. The van der Waals surface area contributed by atoms with Gasteiger partial charge in [0.25, 0.3) is 0 Å². The second-order valence-electron chi connectivity index (χ2n) is 5.01. The predicted molar refractivity (Wildman–Crippen MR) is 77.5 cm³/mol. The van der Waals surface area contributed by atoms with Gasteiger partial charge in [-0.2, -0.15) is 0 Å². The molecule has 4 nitrogen and oxygen atoms in total. The number of rotatable bonds is 4. The number of aromatic amines is 1. The van der Waals surface area contributed by atoms with Crippen molar-refractivity contribution in [1.29, 1.82) is 0 Å². The Kier molecular flexibility index (Phi) is 4.90. The van der Waals surface area contributed by atoms with E-state index >= 15 is 0 Å². The first kappa shape index (κ1) is 15.9. The molecule has 1 atom stereocenters. The van der Waals surface area contributed by atoms with E-state index in [4.69, 9.17) is 0 Å². The molecule has 0 amide bonds. The number of hydrogen-bond acceptors (Lipinski definition) is 2. The number of carboxylic acids is 1. The number of fused-ring (bicyclic) bond motifs is 1. The number of carboxylic acid groups (broad SMARTS) is 1. The molecule has 0 bridgehead atoms. The summed E-state index contributed by atoms with van der Waals surface area (Å²) >= 11 is 0. The van der Waals surface area contributed by atoms with Gasteiger partial charge >= 0.3 is 5.97 Å². The van der Waals surface area contributed by atoms with Crippen LogP contribution in [0.15, 0.2) is 30.5 Å². The smallest absolute Gasteiger partial charge is 0.324 e. The number of hydrogen-bond donors (Lipinski definition) is 2. The van der Waals surface area contributed by atoms with Gasteiger partial charge in [-0.3, -0.25) is 9.69 Å². The van der Waals surface area contributed by atoms with E-state index in [9.17, 15) is 9.90 Å². The molecule has 1 unspecified atom stereocenters. The normalized spacial score (nSPS) is 14.1. The summed E-state index contributed by atoms with van der Waals surface area (Å²) in [5, 5.41) is 10.5. The second kappa shape index (κ2) is 5.86. The SMILES string of the molecule is CN(C)C(C)(Cc1c[nH]c2ccccc12)C(=O)O.[Ga]. The molecule has 0 fully saturated rings. The van der Waals surface area contributed by atoms with Crippen LogP contribution in [0.1, 0.15) is 12.5 Å². The summed E-state index contributed by atoms with van der Waals surface area (Å²) in [5.41, 5.74) is 1.17. The first-order valence-electron chi connectivity index (χ1n) is 5.91. The third-order valence-corrected chi connectivity index (χ3v) is 3.66. The molecule has 2 aromatic rings. The van der Waals surface area contributed by atoms with Crippen LogP contribution in [0.2, 0.25) is 0 Å². The molecule has 1 heterocycles. The molecule has 1 aromatic heterocycles.